The number of aryl methyl sites for hydroxylation is 1. The number of rotatable bonds is 7. The number of nitrogens with zero attached hydrogens (tertiary/aromatic N) is 3. The summed E-state index contributed by atoms with van der Waals surface area (Å²) in [5.74, 6) is 1.39. The number of carbonyl (C=O) groups excluding carboxylic acids is 1. The number of anilines is 1. The third-order valence-corrected chi connectivity index (χ3v) is 5.68. The maximum atomic E-state index is 11.9. The summed E-state index contributed by atoms with van der Waals surface area (Å²) in [5, 5.41) is 1.10. The Morgan fingerprint density at radius 2 is 1.54 bits per heavy atom. The highest BCUT2D eigenvalue weighted by Gasteiger charge is 2.14. The van der Waals surface area contributed by atoms with Crippen LogP contribution in [0.15, 0.2) is 60.7 Å². The van der Waals surface area contributed by atoms with Crippen molar-refractivity contribution in [3.05, 3.63) is 77.6 Å². The van der Waals surface area contributed by atoms with Gasteiger partial charge in [0.15, 0.2) is 5.65 Å². The number of benzene rings is 2. The van der Waals surface area contributed by atoms with E-state index < -0.39 is 0 Å². The molecule has 5 aromatic rings. The Kier molecular flexibility index (Phi) is 10.8. The number of aromatic nitrogens is 4. The molecular weight excluding hydrogens is 484 g/mol. The maximum Gasteiger partial charge on any atom is 0.180 e. The van der Waals surface area contributed by atoms with E-state index >= 15 is 0 Å². The number of pyridine rings is 1. The van der Waals surface area contributed by atoms with Crippen LogP contribution < -0.4 is 5.73 Å². The number of Topliss-reactive ketones (excluding diaryl/α,β-unsaturated/α-hetero) is 1. The summed E-state index contributed by atoms with van der Waals surface area (Å²) in [6.07, 6.45) is 2.50. The molecule has 0 aliphatic rings. The molecule has 7 heteroatoms. The molecule has 3 heterocycles. The summed E-state index contributed by atoms with van der Waals surface area (Å²) in [7, 11) is 0. The lowest BCUT2D eigenvalue weighted by Crippen LogP contribution is -2.27. The number of hydrogen-bond acceptors (Lipinski definition) is 5. The number of imidazole rings is 1. The van der Waals surface area contributed by atoms with Gasteiger partial charge in [-0.15, -0.1) is 0 Å². The summed E-state index contributed by atoms with van der Waals surface area (Å²) in [6.45, 7) is 13.9. The van der Waals surface area contributed by atoms with Crippen LogP contribution in [-0.2, 0) is 17.9 Å². The first-order chi connectivity index (χ1) is 18.8. The molecule has 0 bridgehead atoms. The first-order valence-corrected chi connectivity index (χ1v) is 13.8. The van der Waals surface area contributed by atoms with Crippen LogP contribution in [0.25, 0.3) is 33.3 Å². The van der Waals surface area contributed by atoms with Crippen molar-refractivity contribution in [2.24, 2.45) is 0 Å². The van der Waals surface area contributed by atoms with E-state index in [1.807, 2.05) is 31.2 Å². The lowest BCUT2D eigenvalue weighted by atomic mass is 10.1. The molecule has 3 aromatic heterocycles. The van der Waals surface area contributed by atoms with Crippen LogP contribution in [0.2, 0.25) is 0 Å². The van der Waals surface area contributed by atoms with Crippen molar-refractivity contribution in [3.8, 4) is 11.3 Å². The lowest BCUT2D eigenvalue weighted by molar-refractivity contribution is -0.118. The average molecular weight is 527 g/mol. The zero-order valence-corrected chi connectivity index (χ0v) is 24.1. The number of nitrogen functional groups attached to an aromatic ring is 1. The molecule has 0 saturated carbocycles. The van der Waals surface area contributed by atoms with Gasteiger partial charge in [-0.1, -0.05) is 76.9 Å². The normalized spacial score (nSPS) is 10.7. The molecule has 0 amide bonds. The minimum absolute atomic E-state index is 0.157. The molecule has 0 atom stereocenters. The van der Waals surface area contributed by atoms with Crippen LogP contribution in [0, 0.1) is 6.92 Å². The second-order valence-electron chi connectivity index (χ2n) is 9.97. The number of carbonyl (C=O) groups is 1. The van der Waals surface area contributed by atoms with Gasteiger partial charge in [-0.3, -0.25) is 9.69 Å². The third-order valence-electron chi connectivity index (χ3n) is 5.68. The van der Waals surface area contributed by atoms with Crippen molar-refractivity contribution < 1.29 is 4.79 Å². The topological polar surface area (TPSA) is 104 Å². The Labute approximate surface area is 231 Å². The zero-order valence-electron chi connectivity index (χ0n) is 24.1. The van der Waals surface area contributed by atoms with Gasteiger partial charge in [0.05, 0.1) is 12.1 Å². The van der Waals surface area contributed by atoms with Crippen molar-refractivity contribution in [2.45, 2.75) is 67.5 Å². The van der Waals surface area contributed by atoms with Gasteiger partial charge < -0.3 is 15.7 Å². The van der Waals surface area contributed by atoms with Gasteiger partial charge in [-0.05, 0) is 49.2 Å². The maximum absolute atomic E-state index is 11.9. The van der Waals surface area contributed by atoms with Gasteiger partial charge in [0.1, 0.15) is 17.4 Å². The summed E-state index contributed by atoms with van der Waals surface area (Å²) in [4.78, 5) is 29.6. The molecule has 0 spiro atoms. The molecular formula is C32H42N6O. The Hall–Kier alpha value is -3.97. The third kappa shape index (κ3) is 8.26. The summed E-state index contributed by atoms with van der Waals surface area (Å²) in [5.41, 5.74) is 12.8. The van der Waals surface area contributed by atoms with E-state index in [4.69, 9.17) is 5.73 Å². The van der Waals surface area contributed by atoms with Crippen LogP contribution >= 0.6 is 0 Å². The molecule has 0 saturated heterocycles. The Balaban J connectivity index is 0.000000643. The molecule has 5 rings (SSSR count). The van der Waals surface area contributed by atoms with Gasteiger partial charge in [-0.2, -0.15) is 0 Å². The monoisotopic (exact) mass is 526 g/mol. The van der Waals surface area contributed by atoms with E-state index in [2.05, 4.69) is 88.9 Å². The van der Waals surface area contributed by atoms with Gasteiger partial charge in [0.25, 0.3) is 0 Å². The van der Waals surface area contributed by atoms with Crippen LogP contribution in [-0.4, -0.2) is 37.2 Å². The highest BCUT2D eigenvalue weighted by Crippen LogP contribution is 2.31. The average Bonchev–Trinajstić information content (AvgIpc) is 3.47. The van der Waals surface area contributed by atoms with Crippen molar-refractivity contribution in [1.29, 1.82) is 0 Å². The standard InChI is InChI=1S/C26H26N6O.2C3H8/c1-16(33)13-32(14-18-6-4-3-5-7-18)15-19-8-9-22-20(10-19)11-23(30-22)21-12-24(27)31-26-25(21)28-17(2)29-26;2*1-3-2/h3-12,30H,13-15H2,1-2H3,(H3,27,28,29,31);2*3H2,1-2H3. The highest BCUT2D eigenvalue weighted by atomic mass is 16.1. The predicted octanol–water partition coefficient (Wildman–Crippen LogP) is 7.42. The minimum Gasteiger partial charge on any atom is -0.384 e. The number of nitrogens with two attached hydrogens (primary N) is 1. The zero-order chi connectivity index (χ0) is 28.4. The van der Waals surface area contributed by atoms with E-state index in [9.17, 15) is 4.79 Å². The van der Waals surface area contributed by atoms with Crippen molar-refractivity contribution in [3.63, 3.8) is 0 Å². The van der Waals surface area contributed by atoms with Gasteiger partial charge in [-0.25, -0.2) is 9.97 Å². The number of ketones is 1. The molecule has 206 valence electrons. The van der Waals surface area contributed by atoms with Crippen LogP contribution in [0.3, 0.4) is 0 Å². The smallest absolute Gasteiger partial charge is 0.180 e. The molecule has 0 radical (unpaired) electrons. The van der Waals surface area contributed by atoms with Crippen LogP contribution in [0.5, 0.6) is 0 Å². The highest BCUT2D eigenvalue weighted by molar-refractivity contribution is 5.95. The van der Waals surface area contributed by atoms with Crippen molar-refractivity contribution in [1.82, 2.24) is 24.8 Å². The molecule has 39 heavy (non-hydrogen) atoms. The first kappa shape index (κ1) is 29.6. The molecule has 0 aliphatic heterocycles. The fraction of sp³-hybridized carbons (Fsp3) is 0.344. The second-order valence-corrected chi connectivity index (χ2v) is 9.97. The minimum atomic E-state index is 0.157. The van der Waals surface area contributed by atoms with Crippen molar-refractivity contribution >= 4 is 33.7 Å². The number of nitrogens with one attached hydrogen (secondary N) is 2. The van der Waals surface area contributed by atoms with E-state index in [-0.39, 0.29) is 5.78 Å². The van der Waals surface area contributed by atoms with Crippen molar-refractivity contribution in [2.75, 3.05) is 12.3 Å². The quantitative estimate of drug-likeness (QED) is 0.205. The number of hydrogen-bond donors (Lipinski definition) is 3. The Morgan fingerprint density at radius 3 is 2.21 bits per heavy atom. The number of fused-ring (bicyclic) bond motifs is 2. The summed E-state index contributed by atoms with van der Waals surface area (Å²) < 4.78 is 0. The van der Waals surface area contributed by atoms with Crippen LogP contribution in [0.1, 0.15) is 64.4 Å². The van der Waals surface area contributed by atoms with Gasteiger partial charge in [0, 0.05) is 35.2 Å². The van der Waals surface area contributed by atoms with Crippen LogP contribution in [0.4, 0.5) is 5.82 Å². The second kappa shape index (κ2) is 14.3. The molecule has 0 unspecified atom stereocenters. The van der Waals surface area contributed by atoms with Gasteiger partial charge in [0.2, 0.25) is 0 Å². The number of aromatic amines is 2. The molecule has 2 aromatic carbocycles. The lowest BCUT2D eigenvalue weighted by Gasteiger charge is -2.21. The van der Waals surface area contributed by atoms with Gasteiger partial charge >= 0.3 is 0 Å². The fourth-order valence-corrected chi connectivity index (χ4v) is 4.34. The van der Waals surface area contributed by atoms with E-state index in [0.29, 0.717) is 24.6 Å². The SMILES string of the molecule is CC(=O)CN(Cc1ccccc1)Cc1ccc2[nH]c(-c3cc(N)nc4nc(C)[nH]c34)cc2c1.CCC.CCC. The molecule has 7 nitrogen and oxygen atoms in total. The Bertz CT molecular complexity index is 1480. The van der Waals surface area contributed by atoms with E-state index in [0.717, 1.165) is 45.6 Å². The summed E-state index contributed by atoms with van der Waals surface area (Å²) >= 11 is 0. The first-order valence-electron chi connectivity index (χ1n) is 13.8. The predicted molar refractivity (Wildman–Crippen MR) is 163 cm³/mol. The molecule has 0 aliphatic carbocycles. The molecule has 0 fully saturated rings. The largest absolute Gasteiger partial charge is 0.384 e. The fourth-order valence-electron chi connectivity index (χ4n) is 4.34. The van der Waals surface area contributed by atoms with E-state index in [1.54, 1.807) is 6.92 Å². The Morgan fingerprint density at radius 1 is 0.872 bits per heavy atom. The number of H-pyrrole nitrogens is 2. The summed E-state index contributed by atoms with van der Waals surface area (Å²) in [6, 6.07) is 20.6. The van der Waals surface area contributed by atoms with E-state index in [1.165, 1.54) is 18.4 Å². The molecule has 4 N–H and O–H groups in total.